The summed E-state index contributed by atoms with van der Waals surface area (Å²) in [5, 5.41) is 13.4. The normalized spacial score (nSPS) is 11.9. The van der Waals surface area contributed by atoms with E-state index in [1.807, 2.05) is 6.92 Å². The van der Waals surface area contributed by atoms with Gasteiger partial charge in [-0.05, 0) is 29.9 Å². The lowest BCUT2D eigenvalue weighted by Gasteiger charge is -2.19. The lowest BCUT2D eigenvalue weighted by molar-refractivity contribution is 0.286. The zero-order chi connectivity index (χ0) is 17.0. The minimum Gasteiger partial charge on any atom is -0.396 e. The van der Waals surface area contributed by atoms with Gasteiger partial charge in [-0.1, -0.05) is 45.0 Å². The fourth-order valence-electron chi connectivity index (χ4n) is 2.61. The molecular formula is C18H27N3O2. The van der Waals surface area contributed by atoms with E-state index in [4.69, 9.17) is 5.11 Å². The van der Waals surface area contributed by atoms with E-state index in [0.29, 0.717) is 25.9 Å². The lowest BCUT2D eigenvalue weighted by atomic mass is 9.87. The first-order chi connectivity index (χ1) is 10.9. The third-order valence-corrected chi connectivity index (χ3v) is 4.03. The topological polar surface area (TPSA) is 60.0 Å². The summed E-state index contributed by atoms with van der Waals surface area (Å²) in [4.78, 5) is 12.4. The summed E-state index contributed by atoms with van der Waals surface area (Å²) in [6.07, 6.45) is 1.24. The van der Waals surface area contributed by atoms with E-state index in [0.717, 1.165) is 11.4 Å². The summed E-state index contributed by atoms with van der Waals surface area (Å²) < 4.78 is 3.20. The monoisotopic (exact) mass is 317 g/mol. The van der Waals surface area contributed by atoms with E-state index < -0.39 is 0 Å². The minimum atomic E-state index is -0.0830. The van der Waals surface area contributed by atoms with Crippen LogP contribution in [0, 0.1) is 0 Å². The molecule has 23 heavy (non-hydrogen) atoms. The SMILES string of the molecule is CCn1c(CCCO)nn(Cc2ccc(C(C)(C)C)cc2)c1=O. The molecule has 0 aliphatic heterocycles. The summed E-state index contributed by atoms with van der Waals surface area (Å²) in [5.41, 5.74) is 2.38. The number of aromatic nitrogens is 3. The molecule has 1 N–H and O–H groups in total. The fraction of sp³-hybridized carbons (Fsp3) is 0.556. The highest BCUT2D eigenvalue weighted by Gasteiger charge is 2.14. The van der Waals surface area contributed by atoms with Crippen LogP contribution in [0.15, 0.2) is 29.1 Å². The van der Waals surface area contributed by atoms with Crippen molar-refractivity contribution in [2.75, 3.05) is 6.61 Å². The summed E-state index contributed by atoms with van der Waals surface area (Å²) in [7, 11) is 0. The van der Waals surface area contributed by atoms with Gasteiger partial charge in [0.25, 0.3) is 0 Å². The Morgan fingerprint density at radius 3 is 2.35 bits per heavy atom. The average molecular weight is 317 g/mol. The number of aliphatic hydroxyl groups is 1. The van der Waals surface area contributed by atoms with E-state index >= 15 is 0 Å². The summed E-state index contributed by atoms with van der Waals surface area (Å²) >= 11 is 0. The number of nitrogens with zero attached hydrogens (tertiary/aromatic N) is 3. The number of benzene rings is 1. The van der Waals surface area contributed by atoms with E-state index in [1.54, 1.807) is 4.57 Å². The van der Waals surface area contributed by atoms with Crippen LogP contribution >= 0.6 is 0 Å². The van der Waals surface area contributed by atoms with Crippen LogP contribution in [0.5, 0.6) is 0 Å². The third kappa shape index (κ3) is 4.10. The molecule has 0 fully saturated rings. The molecule has 0 radical (unpaired) electrons. The van der Waals surface area contributed by atoms with Gasteiger partial charge < -0.3 is 5.11 Å². The number of rotatable bonds is 6. The first-order valence-electron chi connectivity index (χ1n) is 8.23. The molecule has 2 rings (SSSR count). The van der Waals surface area contributed by atoms with E-state index in [-0.39, 0.29) is 17.7 Å². The van der Waals surface area contributed by atoms with Crippen molar-refractivity contribution in [3.05, 3.63) is 51.7 Å². The van der Waals surface area contributed by atoms with Crippen LogP contribution in [0.25, 0.3) is 0 Å². The number of aryl methyl sites for hydroxylation is 1. The summed E-state index contributed by atoms with van der Waals surface area (Å²) in [6, 6.07) is 8.35. The molecule has 0 atom stereocenters. The van der Waals surface area contributed by atoms with Gasteiger partial charge in [-0.3, -0.25) is 4.57 Å². The maximum atomic E-state index is 12.4. The molecule has 0 aliphatic rings. The van der Waals surface area contributed by atoms with Gasteiger partial charge in [-0.15, -0.1) is 0 Å². The Balaban J connectivity index is 2.23. The molecule has 0 aliphatic carbocycles. The Hall–Kier alpha value is -1.88. The van der Waals surface area contributed by atoms with E-state index in [1.165, 1.54) is 10.2 Å². The predicted molar refractivity (Wildman–Crippen MR) is 91.8 cm³/mol. The van der Waals surface area contributed by atoms with Crippen molar-refractivity contribution < 1.29 is 5.11 Å². The first kappa shape index (κ1) is 17.5. The molecule has 0 unspecified atom stereocenters. The number of aliphatic hydroxyl groups excluding tert-OH is 1. The van der Waals surface area contributed by atoms with Crippen molar-refractivity contribution in [2.24, 2.45) is 0 Å². The van der Waals surface area contributed by atoms with E-state index in [9.17, 15) is 4.79 Å². The van der Waals surface area contributed by atoms with Crippen molar-refractivity contribution >= 4 is 0 Å². The highest BCUT2D eigenvalue weighted by molar-refractivity contribution is 5.27. The zero-order valence-corrected chi connectivity index (χ0v) is 14.5. The Kier molecular flexibility index (Phi) is 5.42. The Bertz CT molecular complexity index is 691. The second-order valence-corrected chi connectivity index (χ2v) is 6.87. The summed E-state index contributed by atoms with van der Waals surface area (Å²) in [6.45, 7) is 9.67. The fourth-order valence-corrected chi connectivity index (χ4v) is 2.61. The molecule has 5 nitrogen and oxygen atoms in total. The highest BCUT2D eigenvalue weighted by Crippen LogP contribution is 2.22. The molecule has 126 valence electrons. The van der Waals surface area contributed by atoms with Crippen LogP contribution in [0.3, 0.4) is 0 Å². The van der Waals surface area contributed by atoms with Gasteiger partial charge in [0, 0.05) is 19.6 Å². The predicted octanol–water partition coefficient (Wildman–Crippen LogP) is 2.34. The van der Waals surface area contributed by atoms with E-state index in [2.05, 4.69) is 50.1 Å². The molecule has 1 aromatic carbocycles. The van der Waals surface area contributed by atoms with Crippen molar-refractivity contribution in [3.8, 4) is 0 Å². The average Bonchev–Trinajstić information content (AvgIpc) is 2.80. The Morgan fingerprint density at radius 2 is 1.83 bits per heavy atom. The second-order valence-electron chi connectivity index (χ2n) is 6.87. The molecule has 5 heteroatoms. The Labute approximate surface area is 137 Å². The number of hydrogen-bond acceptors (Lipinski definition) is 3. The van der Waals surface area contributed by atoms with Crippen LogP contribution in [0.1, 0.15) is 51.1 Å². The minimum absolute atomic E-state index is 0.0830. The van der Waals surface area contributed by atoms with Crippen LogP contribution in [0.4, 0.5) is 0 Å². The first-order valence-corrected chi connectivity index (χ1v) is 8.23. The quantitative estimate of drug-likeness (QED) is 0.889. The van der Waals surface area contributed by atoms with Crippen molar-refractivity contribution in [2.45, 2.75) is 59.0 Å². The van der Waals surface area contributed by atoms with Crippen LogP contribution < -0.4 is 5.69 Å². The molecular weight excluding hydrogens is 290 g/mol. The molecule has 0 saturated carbocycles. The van der Waals surface area contributed by atoms with Crippen molar-refractivity contribution in [1.82, 2.24) is 14.3 Å². The van der Waals surface area contributed by atoms with Gasteiger partial charge >= 0.3 is 5.69 Å². The van der Waals surface area contributed by atoms with Gasteiger partial charge in [0.1, 0.15) is 5.82 Å². The largest absolute Gasteiger partial charge is 0.396 e. The van der Waals surface area contributed by atoms with Gasteiger partial charge in [0.15, 0.2) is 0 Å². The van der Waals surface area contributed by atoms with Crippen LogP contribution in [0.2, 0.25) is 0 Å². The zero-order valence-electron chi connectivity index (χ0n) is 14.5. The molecule has 2 aromatic rings. The standard InChI is InChI=1S/C18H27N3O2/c1-5-20-16(7-6-12-22)19-21(17(20)23)13-14-8-10-15(11-9-14)18(2,3)4/h8-11,22H,5-7,12-13H2,1-4H3. The highest BCUT2D eigenvalue weighted by atomic mass is 16.3. The van der Waals surface area contributed by atoms with Gasteiger partial charge in [-0.25, -0.2) is 9.48 Å². The third-order valence-electron chi connectivity index (χ3n) is 4.03. The van der Waals surface area contributed by atoms with Crippen molar-refractivity contribution in [3.63, 3.8) is 0 Å². The molecule has 1 aromatic heterocycles. The number of hydrogen-bond donors (Lipinski definition) is 1. The maximum Gasteiger partial charge on any atom is 0.346 e. The molecule has 1 heterocycles. The molecule has 0 bridgehead atoms. The second kappa shape index (κ2) is 7.13. The Morgan fingerprint density at radius 1 is 1.17 bits per heavy atom. The van der Waals surface area contributed by atoms with Gasteiger partial charge in [0.05, 0.1) is 6.54 Å². The lowest BCUT2D eigenvalue weighted by Crippen LogP contribution is -2.25. The maximum absolute atomic E-state index is 12.4. The molecule has 0 saturated heterocycles. The molecule has 0 spiro atoms. The van der Waals surface area contributed by atoms with Gasteiger partial charge in [-0.2, -0.15) is 5.10 Å². The summed E-state index contributed by atoms with van der Waals surface area (Å²) in [5.74, 6) is 0.748. The van der Waals surface area contributed by atoms with Crippen molar-refractivity contribution in [1.29, 1.82) is 0 Å². The van der Waals surface area contributed by atoms with Gasteiger partial charge in [0.2, 0.25) is 0 Å². The van der Waals surface area contributed by atoms with Crippen LogP contribution in [-0.2, 0) is 24.9 Å². The molecule has 0 amide bonds. The van der Waals surface area contributed by atoms with Crippen LogP contribution in [-0.4, -0.2) is 26.1 Å². The smallest absolute Gasteiger partial charge is 0.346 e.